The van der Waals surface area contributed by atoms with Crippen LogP contribution in [0, 0.1) is 5.92 Å². The van der Waals surface area contributed by atoms with E-state index in [2.05, 4.69) is 10.6 Å². The monoisotopic (exact) mass is 623 g/mol. The lowest BCUT2D eigenvalue weighted by molar-refractivity contribution is -0.124. The van der Waals surface area contributed by atoms with Gasteiger partial charge in [0.15, 0.2) is 0 Å². The third kappa shape index (κ3) is 9.46. The van der Waals surface area contributed by atoms with Crippen molar-refractivity contribution in [3.8, 4) is 0 Å². The predicted octanol–water partition coefficient (Wildman–Crippen LogP) is 4.67. The Bertz CT molecular complexity index is 1330. The van der Waals surface area contributed by atoms with Gasteiger partial charge in [0.2, 0.25) is 15.9 Å². The number of hydrogen-bond acceptors (Lipinski definition) is 6. The van der Waals surface area contributed by atoms with Crippen molar-refractivity contribution in [1.82, 2.24) is 14.9 Å². The summed E-state index contributed by atoms with van der Waals surface area (Å²) in [6, 6.07) is 25.0. The van der Waals surface area contributed by atoms with E-state index in [1.54, 1.807) is 19.2 Å². The maximum absolute atomic E-state index is 13.7. The fourth-order valence-corrected chi connectivity index (χ4v) is 7.46. The second kappa shape index (κ2) is 17.4. The van der Waals surface area contributed by atoms with E-state index in [0.29, 0.717) is 24.8 Å². The highest BCUT2D eigenvalue weighted by Gasteiger charge is 2.33. The van der Waals surface area contributed by atoms with Crippen LogP contribution in [0.1, 0.15) is 69.1 Å². The largest absolute Gasteiger partial charge is 0.395 e. The molecule has 0 radical (unpaired) electrons. The van der Waals surface area contributed by atoms with E-state index in [1.165, 1.54) is 16.4 Å². The van der Waals surface area contributed by atoms with Crippen LogP contribution in [0.5, 0.6) is 0 Å². The van der Waals surface area contributed by atoms with Crippen molar-refractivity contribution in [3.05, 3.63) is 102 Å². The molecule has 44 heavy (non-hydrogen) atoms. The molecule has 0 unspecified atom stereocenters. The number of aliphatic hydroxyl groups is 2. The average Bonchev–Trinajstić information content (AvgIpc) is 3.04. The Morgan fingerprint density at radius 3 is 1.89 bits per heavy atom. The SMILES string of the molecule is CC[C@@H](CCC[C@@H](CO)N(CC(C)C)S(=O)(=O)c1ccc(CO)cc1)NC(=O)[C@@H](NC)C(c1ccccc1)c1ccccc1. The maximum atomic E-state index is 13.7. The lowest BCUT2D eigenvalue weighted by Crippen LogP contribution is -2.50. The molecule has 3 rings (SSSR count). The van der Waals surface area contributed by atoms with Crippen LogP contribution >= 0.6 is 0 Å². The van der Waals surface area contributed by atoms with Gasteiger partial charge in [-0.15, -0.1) is 0 Å². The van der Waals surface area contributed by atoms with Gasteiger partial charge in [0.25, 0.3) is 0 Å². The molecule has 0 spiro atoms. The Kier molecular flexibility index (Phi) is 14.0. The van der Waals surface area contributed by atoms with Crippen molar-refractivity contribution in [3.63, 3.8) is 0 Å². The molecule has 3 atom stereocenters. The molecular weight excluding hydrogens is 574 g/mol. The van der Waals surface area contributed by atoms with E-state index in [0.717, 1.165) is 17.5 Å². The Labute approximate surface area is 263 Å². The fourth-order valence-electron chi connectivity index (χ4n) is 5.65. The molecule has 0 fully saturated rings. The summed E-state index contributed by atoms with van der Waals surface area (Å²) in [5.41, 5.74) is 2.72. The standard InChI is InChI=1S/C35H49N3O5S/c1-5-30(37-35(41)34(36-4)33(28-13-8-6-9-14-28)29-15-10-7-11-16-29)17-12-18-31(25-40)38(23-26(2)3)44(42,43)32-21-19-27(24-39)20-22-32/h6-11,13-16,19-22,26,30-31,33-34,36,39-40H,5,12,17-18,23-25H2,1-4H3,(H,37,41)/t30-,31-,34-/m0/s1. The molecule has 3 aromatic rings. The molecule has 0 aliphatic heterocycles. The van der Waals surface area contributed by atoms with E-state index in [9.17, 15) is 23.4 Å². The summed E-state index contributed by atoms with van der Waals surface area (Å²) in [7, 11) is -2.07. The highest BCUT2D eigenvalue weighted by Crippen LogP contribution is 2.29. The number of rotatable bonds is 18. The molecule has 0 aliphatic carbocycles. The van der Waals surface area contributed by atoms with Gasteiger partial charge in [0.05, 0.1) is 24.2 Å². The van der Waals surface area contributed by atoms with Gasteiger partial charge in [-0.3, -0.25) is 4.79 Å². The van der Waals surface area contributed by atoms with Gasteiger partial charge in [-0.1, -0.05) is 93.6 Å². The Hall–Kier alpha value is -3.08. The van der Waals surface area contributed by atoms with Crippen molar-refractivity contribution < 1.29 is 23.4 Å². The normalized spacial score (nSPS) is 14.1. The molecule has 0 aromatic heterocycles. The van der Waals surface area contributed by atoms with Crippen LogP contribution in [0.15, 0.2) is 89.8 Å². The molecule has 0 saturated heterocycles. The molecular formula is C35H49N3O5S. The lowest BCUT2D eigenvalue weighted by atomic mass is 9.84. The van der Waals surface area contributed by atoms with Crippen LogP contribution < -0.4 is 10.6 Å². The Morgan fingerprint density at radius 2 is 1.43 bits per heavy atom. The molecule has 240 valence electrons. The Balaban J connectivity index is 1.72. The zero-order chi connectivity index (χ0) is 32.1. The van der Waals surface area contributed by atoms with Gasteiger partial charge in [0, 0.05) is 24.5 Å². The zero-order valence-electron chi connectivity index (χ0n) is 26.4. The van der Waals surface area contributed by atoms with Gasteiger partial charge in [0.1, 0.15) is 0 Å². The number of carbonyl (C=O) groups excluding carboxylic acids is 1. The van der Waals surface area contributed by atoms with Crippen molar-refractivity contribution >= 4 is 15.9 Å². The lowest BCUT2D eigenvalue weighted by Gasteiger charge is -2.32. The van der Waals surface area contributed by atoms with Crippen molar-refractivity contribution in [2.75, 3.05) is 20.2 Å². The first-order chi connectivity index (χ1) is 21.2. The van der Waals surface area contributed by atoms with E-state index in [1.807, 2.05) is 81.4 Å². The predicted molar refractivity (Wildman–Crippen MR) is 176 cm³/mol. The molecule has 9 heteroatoms. The third-order valence-electron chi connectivity index (χ3n) is 8.05. The first-order valence-corrected chi connectivity index (χ1v) is 17.0. The summed E-state index contributed by atoms with van der Waals surface area (Å²) in [6.07, 6.45) is 2.45. The smallest absolute Gasteiger partial charge is 0.243 e. The van der Waals surface area contributed by atoms with Gasteiger partial charge < -0.3 is 20.8 Å². The van der Waals surface area contributed by atoms with E-state index in [-0.39, 0.29) is 48.4 Å². The first kappa shape index (κ1) is 35.4. The van der Waals surface area contributed by atoms with Crippen molar-refractivity contribution in [1.29, 1.82) is 0 Å². The minimum absolute atomic E-state index is 0.0545. The van der Waals surface area contributed by atoms with Gasteiger partial charge in [-0.25, -0.2) is 8.42 Å². The van der Waals surface area contributed by atoms with Gasteiger partial charge in [-0.2, -0.15) is 4.31 Å². The topological polar surface area (TPSA) is 119 Å². The van der Waals surface area contributed by atoms with Crippen LogP contribution in [-0.2, 0) is 21.4 Å². The molecule has 0 heterocycles. The van der Waals surface area contributed by atoms with Crippen LogP contribution in [0.4, 0.5) is 0 Å². The summed E-state index contributed by atoms with van der Waals surface area (Å²) in [5, 5.41) is 26.2. The average molecular weight is 624 g/mol. The summed E-state index contributed by atoms with van der Waals surface area (Å²) >= 11 is 0. The highest BCUT2D eigenvalue weighted by molar-refractivity contribution is 7.89. The number of sulfonamides is 1. The number of amides is 1. The van der Waals surface area contributed by atoms with Crippen LogP contribution in [0.3, 0.4) is 0 Å². The minimum atomic E-state index is -3.87. The number of likely N-dealkylation sites (N-methyl/N-ethyl adjacent to an activating group) is 1. The molecule has 0 bridgehead atoms. The molecule has 8 nitrogen and oxygen atoms in total. The summed E-state index contributed by atoms with van der Waals surface area (Å²) in [5.74, 6) is -0.218. The molecule has 4 N–H and O–H groups in total. The van der Waals surface area contributed by atoms with Gasteiger partial charge >= 0.3 is 0 Å². The van der Waals surface area contributed by atoms with Crippen molar-refractivity contribution in [2.24, 2.45) is 5.92 Å². The summed E-state index contributed by atoms with van der Waals surface area (Å²) in [4.78, 5) is 13.9. The van der Waals surface area contributed by atoms with Crippen LogP contribution in [0.2, 0.25) is 0 Å². The summed E-state index contributed by atoms with van der Waals surface area (Å²) < 4.78 is 28.7. The quantitative estimate of drug-likeness (QED) is 0.164. The number of aliphatic hydroxyl groups excluding tert-OH is 2. The van der Waals surface area contributed by atoms with Gasteiger partial charge in [-0.05, 0) is 67.5 Å². The second-order valence-electron chi connectivity index (χ2n) is 11.7. The van der Waals surface area contributed by atoms with Crippen LogP contribution in [-0.4, -0.2) is 67.2 Å². The molecule has 0 saturated carbocycles. The Morgan fingerprint density at radius 1 is 0.864 bits per heavy atom. The van der Waals surface area contributed by atoms with Crippen LogP contribution in [0.25, 0.3) is 0 Å². The molecule has 0 aliphatic rings. The third-order valence-corrected chi connectivity index (χ3v) is 9.98. The zero-order valence-corrected chi connectivity index (χ0v) is 27.2. The number of carbonyl (C=O) groups is 1. The minimum Gasteiger partial charge on any atom is -0.395 e. The number of nitrogens with zero attached hydrogens (tertiary/aromatic N) is 1. The fraction of sp³-hybridized carbons (Fsp3) is 0.457. The molecule has 1 amide bonds. The van der Waals surface area contributed by atoms with E-state index >= 15 is 0 Å². The molecule has 3 aromatic carbocycles. The maximum Gasteiger partial charge on any atom is 0.243 e. The van der Waals surface area contributed by atoms with Crippen molar-refractivity contribution in [2.45, 2.75) is 82.0 Å². The first-order valence-electron chi connectivity index (χ1n) is 15.6. The summed E-state index contributed by atoms with van der Waals surface area (Å²) in [6.45, 7) is 5.73. The number of benzene rings is 3. The van der Waals surface area contributed by atoms with E-state index in [4.69, 9.17) is 0 Å². The number of nitrogens with one attached hydrogen (secondary N) is 2. The highest BCUT2D eigenvalue weighted by atomic mass is 32.2. The second-order valence-corrected chi connectivity index (χ2v) is 13.6. The number of hydrogen-bond donors (Lipinski definition) is 4. The van der Waals surface area contributed by atoms with E-state index < -0.39 is 22.1 Å².